The van der Waals surface area contributed by atoms with Gasteiger partial charge in [-0.05, 0) is 6.92 Å². The lowest BCUT2D eigenvalue weighted by Gasteiger charge is -2.14. The fourth-order valence-electron chi connectivity index (χ4n) is 1.08. The number of hydrogen-bond acceptors (Lipinski definition) is 3. The van der Waals surface area contributed by atoms with Gasteiger partial charge in [0.1, 0.15) is 0 Å². The molecule has 72 valence electrons. The Hall–Kier alpha value is -1.52. The number of amides is 2. The molecule has 1 fully saturated rings. The molecule has 13 heavy (non-hydrogen) atoms. The zero-order valence-corrected chi connectivity index (χ0v) is 7.52. The molecule has 0 atom stereocenters. The van der Waals surface area contributed by atoms with Gasteiger partial charge >= 0.3 is 12.0 Å². The molecule has 0 unspecified atom stereocenters. The van der Waals surface area contributed by atoms with Crippen molar-refractivity contribution in [2.75, 3.05) is 19.6 Å². The lowest BCUT2D eigenvalue weighted by molar-refractivity contribution is -0.167. The lowest BCUT2D eigenvalue weighted by atomic mass is 10.6. The average Bonchev–Trinajstić information content (AvgIpc) is 2.48. The summed E-state index contributed by atoms with van der Waals surface area (Å²) in [5.41, 5.74) is 0. The van der Waals surface area contributed by atoms with Gasteiger partial charge in [0, 0.05) is 19.2 Å². The zero-order chi connectivity index (χ0) is 9.84. The number of carbonyl (C=O) groups excluding carboxylic acids is 2. The molecule has 0 N–H and O–H groups in total. The fraction of sp³-hybridized carbons (Fsp3) is 0.500. The van der Waals surface area contributed by atoms with E-state index in [0.29, 0.717) is 19.6 Å². The number of hydroxylamine groups is 2. The molecule has 1 aliphatic heterocycles. The van der Waals surface area contributed by atoms with Crippen molar-refractivity contribution in [2.45, 2.75) is 6.92 Å². The van der Waals surface area contributed by atoms with Crippen LogP contribution in [0.4, 0.5) is 4.79 Å². The Morgan fingerprint density at radius 3 is 2.85 bits per heavy atom. The van der Waals surface area contributed by atoms with Crippen molar-refractivity contribution in [3.05, 3.63) is 12.7 Å². The van der Waals surface area contributed by atoms with E-state index in [4.69, 9.17) is 0 Å². The van der Waals surface area contributed by atoms with E-state index in [9.17, 15) is 9.59 Å². The van der Waals surface area contributed by atoms with Gasteiger partial charge in [-0.15, -0.1) is 0 Å². The van der Waals surface area contributed by atoms with E-state index in [-0.39, 0.29) is 6.03 Å². The van der Waals surface area contributed by atoms with Crippen molar-refractivity contribution < 1.29 is 14.4 Å². The Morgan fingerprint density at radius 1 is 1.69 bits per heavy atom. The van der Waals surface area contributed by atoms with Crippen LogP contribution in [0.5, 0.6) is 0 Å². The van der Waals surface area contributed by atoms with Gasteiger partial charge in [0.25, 0.3) is 0 Å². The minimum Gasteiger partial charge on any atom is -0.332 e. The molecule has 0 spiro atoms. The quantitative estimate of drug-likeness (QED) is 0.596. The van der Waals surface area contributed by atoms with Crippen molar-refractivity contribution in [3.63, 3.8) is 0 Å². The summed E-state index contributed by atoms with van der Waals surface area (Å²) < 4.78 is 0. The van der Waals surface area contributed by atoms with Gasteiger partial charge < -0.3 is 9.74 Å². The smallest absolute Gasteiger partial charge is 0.332 e. The van der Waals surface area contributed by atoms with E-state index in [0.717, 1.165) is 11.1 Å². The maximum atomic E-state index is 11.3. The van der Waals surface area contributed by atoms with Crippen LogP contribution in [-0.4, -0.2) is 41.6 Å². The number of nitrogens with zero attached hydrogens (tertiary/aromatic N) is 2. The molecule has 0 aliphatic carbocycles. The Labute approximate surface area is 76.5 Å². The molecule has 1 aliphatic rings. The molecular formula is C8H12N2O3. The first-order chi connectivity index (χ1) is 6.19. The number of urea groups is 1. The third kappa shape index (κ3) is 1.99. The monoisotopic (exact) mass is 184 g/mol. The molecular weight excluding hydrogens is 172 g/mol. The Balaban J connectivity index is 2.50. The van der Waals surface area contributed by atoms with Crippen LogP contribution in [0.15, 0.2) is 12.7 Å². The molecule has 5 heteroatoms. The molecule has 0 radical (unpaired) electrons. The first kappa shape index (κ1) is 9.57. The van der Waals surface area contributed by atoms with Gasteiger partial charge in [-0.3, -0.25) is 0 Å². The first-order valence-corrected chi connectivity index (χ1v) is 4.09. The average molecular weight is 184 g/mol. The van der Waals surface area contributed by atoms with Crippen LogP contribution >= 0.6 is 0 Å². The van der Waals surface area contributed by atoms with Crippen LogP contribution in [0.2, 0.25) is 0 Å². The summed E-state index contributed by atoms with van der Waals surface area (Å²) in [7, 11) is 0. The summed E-state index contributed by atoms with van der Waals surface area (Å²) in [6.07, 6.45) is 1.03. The van der Waals surface area contributed by atoms with E-state index in [1.165, 1.54) is 0 Å². The summed E-state index contributed by atoms with van der Waals surface area (Å²) in [6.45, 7) is 6.76. The van der Waals surface area contributed by atoms with E-state index in [1.54, 1.807) is 4.90 Å². The van der Waals surface area contributed by atoms with Crippen LogP contribution in [-0.2, 0) is 9.63 Å². The summed E-state index contributed by atoms with van der Waals surface area (Å²) in [6, 6.07) is -0.266. The van der Waals surface area contributed by atoms with Gasteiger partial charge in [-0.1, -0.05) is 6.58 Å². The molecule has 0 saturated carbocycles. The highest BCUT2D eigenvalue weighted by Crippen LogP contribution is 2.08. The maximum absolute atomic E-state index is 11.3. The molecule has 1 rings (SSSR count). The molecule has 5 nitrogen and oxygen atoms in total. The fourth-order valence-corrected chi connectivity index (χ4v) is 1.08. The Morgan fingerprint density at radius 2 is 2.38 bits per heavy atom. The molecule has 0 aromatic rings. The van der Waals surface area contributed by atoms with E-state index in [2.05, 4.69) is 11.4 Å². The minimum atomic E-state index is -0.605. The second kappa shape index (κ2) is 3.93. The third-order valence-electron chi connectivity index (χ3n) is 1.81. The highest BCUT2D eigenvalue weighted by molar-refractivity contribution is 5.83. The predicted octanol–water partition coefficient (Wildman–Crippen LogP) is 0.388. The van der Waals surface area contributed by atoms with E-state index < -0.39 is 5.97 Å². The molecule has 2 amide bonds. The van der Waals surface area contributed by atoms with Crippen molar-refractivity contribution in [1.29, 1.82) is 0 Å². The molecule has 1 heterocycles. The Bertz CT molecular complexity index is 240. The van der Waals surface area contributed by atoms with Gasteiger partial charge in [0.05, 0.1) is 6.54 Å². The summed E-state index contributed by atoms with van der Waals surface area (Å²) in [5.74, 6) is -0.605. The van der Waals surface area contributed by atoms with Gasteiger partial charge in [0.15, 0.2) is 0 Å². The second-order valence-corrected chi connectivity index (χ2v) is 2.58. The normalized spacial score (nSPS) is 16.2. The topological polar surface area (TPSA) is 49.9 Å². The lowest BCUT2D eigenvalue weighted by Crippen LogP contribution is -2.33. The van der Waals surface area contributed by atoms with Crippen molar-refractivity contribution >= 4 is 12.0 Å². The SMILES string of the molecule is C=CC(=O)ON1CCN(CC)C1=O. The molecule has 0 aromatic heterocycles. The largest absolute Gasteiger partial charge is 0.355 e. The zero-order valence-electron chi connectivity index (χ0n) is 7.52. The standard InChI is InChI=1S/C8H12N2O3/c1-3-7(11)13-10-6-5-9(4-2)8(10)12/h3H,1,4-6H2,2H3. The van der Waals surface area contributed by atoms with Crippen LogP contribution in [0.1, 0.15) is 6.92 Å². The summed E-state index contributed by atoms with van der Waals surface area (Å²) in [5, 5.41) is 1.05. The summed E-state index contributed by atoms with van der Waals surface area (Å²) >= 11 is 0. The van der Waals surface area contributed by atoms with Crippen LogP contribution < -0.4 is 0 Å². The van der Waals surface area contributed by atoms with Crippen LogP contribution in [0.25, 0.3) is 0 Å². The Kier molecular flexibility index (Phi) is 2.89. The highest BCUT2D eigenvalue weighted by atomic mass is 16.7. The van der Waals surface area contributed by atoms with Gasteiger partial charge in [0.2, 0.25) is 0 Å². The minimum absolute atomic E-state index is 0.266. The van der Waals surface area contributed by atoms with Crippen molar-refractivity contribution in [3.8, 4) is 0 Å². The number of likely N-dealkylation sites (N-methyl/N-ethyl adjacent to an activating group) is 1. The molecule has 0 bridgehead atoms. The number of rotatable bonds is 3. The van der Waals surface area contributed by atoms with Crippen molar-refractivity contribution in [1.82, 2.24) is 9.96 Å². The maximum Gasteiger partial charge on any atom is 0.355 e. The number of hydrogen-bond donors (Lipinski definition) is 0. The third-order valence-corrected chi connectivity index (χ3v) is 1.81. The van der Waals surface area contributed by atoms with Crippen LogP contribution in [0, 0.1) is 0 Å². The van der Waals surface area contributed by atoms with Crippen molar-refractivity contribution in [2.24, 2.45) is 0 Å². The predicted molar refractivity (Wildman–Crippen MR) is 45.6 cm³/mol. The van der Waals surface area contributed by atoms with Gasteiger partial charge in [-0.25, -0.2) is 9.59 Å². The first-order valence-electron chi connectivity index (χ1n) is 4.09. The second-order valence-electron chi connectivity index (χ2n) is 2.58. The molecule has 0 aromatic carbocycles. The highest BCUT2D eigenvalue weighted by Gasteiger charge is 2.29. The number of carbonyl (C=O) groups is 2. The van der Waals surface area contributed by atoms with Crippen LogP contribution in [0.3, 0.4) is 0 Å². The van der Waals surface area contributed by atoms with E-state index in [1.807, 2.05) is 6.92 Å². The van der Waals surface area contributed by atoms with E-state index >= 15 is 0 Å². The van der Waals surface area contributed by atoms with Gasteiger partial charge in [-0.2, -0.15) is 5.06 Å². The summed E-state index contributed by atoms with van der Waals surface area (Å²) in [4.78, 5) is 28.4. The molecule has 1 saturated heterocycles.